The molecule has 1 fully saturated rings. The van der Waals surface area contributed by atoms with E-state index in [0.29, 0.717) is 36.7 Å². The van der Waals surface area contributed by atoms with Crippen molar-refractivity contribution in [3.05, 3.63) is 48.4 Å². The van der Waals surface area contributed by atoms with Crippen molar-refractivity contribution in [1.29, 1.82) is 0 Å². The third kappa shape index (κ3) is 4.93. The van der Waals surface area contributed by atoms with Gasteiger partial charge in [-0.05, 0) is 23.8 Å². The number of aromatic nitrogens is 3. The molecule has 0 bridgehead atoms. The van der Waals surface area contributed by atoms with Crippen LogP contribution >= 0.6 is 0 Å². The first-order valence-corrected chi connectivity index (χ1v) is 10.4. The van der Waals surface area contributed by atoms with Crippen LogP contribution in [0, 0.1) is 0 Å². The van der Waals surface area contributed by atoms with E-state index in [2.05, 4.69) is 15.0 Å². The van der Waals surface area contributed by atoms with Crippen molar-refractivity contribution >= 4 is 34.2 Å². The van der Waals surface area contributed by atoms with Crippen LogP contribution in [0.5, 0.6) is 5.88 Å². The molecule has 4 rings (SSSR count). The molecule has 2 amide bonds. The molecule has 172 valence electrons. The minimum Gasteiger partial charge on any atom is -0.468 e. The molecule has 1 atom stereocenters. The molecule has 3 heterocycles. The number of carbonyl (C=O) groups is 2. The first kappa shape index (κ1) is 22.2. The molecule has 1 aromatic carbocycles. The van der Waals surface area contributed by atoms with Gasteiger partial charge in [-0.2, -0.15) is 0 Å². The number of benzene rings is 1. The van der Waals surface area contributed by atoms with E-state index in [4.69, 9.17) is 20.9 Å². The number of pyridine rings is 1. The summed E-state index contributed by atoms with van der Waals surface area (Å²) in [6.07, 6.45) is 2.86. The predicted molar refractivity (Wildman–Crippen MR) is 121 cm³/mol. The zero-order valence-electron chi connectivity index (χ0n) is 18.2. The molecule has 11 heteroatoms. The lowest BCUT2D eigenvalue weighted by molar-refractivity contribution is -0.155. The van der Waals surface area contributed by atoms with Gasteiger partial charge < -0.3 is 30.7 Å². The summed E-state index contributed by atoms with van der Waals surface area (Å²) in [6.45, 7) is 0.973. The molecule has 33 heavy (non-hydrogen) atoms. The Kier molecular flexibility index (Phi) is 6.50. The number of anilines is 2. The van der Waals surface area contributed by atoms with E-state index in [1.807, 2.05) is 18.2 Å². The fourth-order valence-corrected chi connectivity index (χ4v) is 3.75. The summed E-state index contributed by atoms with van der Waals surface area (Å²) in [5.74, 6) is 0.184. The highest BCUT2D eigenvalue weighted by atomic mass is 16.5. The predicted octanol–water partition coefficient (Wildman–Crippen LogP) is 0.454. The molecule has 2 aromatic heterocycles. The molecule has 4 N–H and O–H groups in total. The van der Waals surface area contributed by atoms with Crippen LogP contribution in [-0.2, 0) is 20.9 Å². The Bertz CT molecular complexity index is 1160. The normalized spacial score (nSPS) is 16.3. The Labute approximate surface area is 190 Å². The number of amides is 2. The van der Waals surface area contributed by atoms with Crippen molar-refractivity contribution < 1.29 is 19.1 Å². The van der Waals surface area contributed by atoms with E-state index < -0.39 is 6.04 Å². The second kappa shape index (κ2) is 9.65. The molecule has 1 unspecified atom stereocenters. The second-order valence-corrected chi connectivity index (χ2v) is 7.65. The highest BCUT2D eigenvalue weighted by molar-refractivity contribution is 5.90. The molecule has 0 spiro atoms. The minimum atomic E-state index is -0.738. The first-order valence-electron chi connectivity index (χ1n) is 10.4. The molecule has 1 aliphatic rings. The van der Waals surface area contributed by atoms with Crippen LogP contribution in [0.15, 0.2) is 42.9 Å². The third-order valence-electron chi connectivity index (χ3n) is 5.44. The van der Waals surface area contributed by atoms with E-state index in [-0.39, 0.29) is 30.9 Å². The highest BCUT2D eigenvalue weighted by Crippen LogP contribution is 2.21. The number of hydrogen-bond acceptors (Lipinski definition) is 9. The van der Waals surface area contributed by atoms with E-state index in [0.717, 1.165) is 10.9 Å². The maximum Gasteiger partial charge on any atom is 0.261 e. The fraction of sp³-hybridized carbons (Fsp3) is 0.318. The number of rotatable bonds is 7. The van der Waals surface area contributed by atoms with E-state index in [1.54, 1.807) is 17.0 Å². The third-order valence-corrected chi connectivity index (χ3v) is 5.44. The van der Waals surface area contributed by atoms with E-state index >= 15 is 0 Å². The zero-order valence-corrected chi connectivity index (χ0v) is 18.2. The minimum absolute atomic E-state index is 0.0860. The molecule has 1 saturated heterocycles. The van der Waals surface area contributed by atoms with Gasteiger partial charge in [-0.25, -0.2) is 15.0 Å². The van der Waals surface area contributed by atoms with Crippen molar-refractivity contribution in [1.82, 2.24) is 24.8 Å². The lowest BCUT2D eigenvalue weighted by atomic mass is 10.1. The summed E-state index contributed by atoms with van der Waals surface area (Å²) in [7, 11) is 1.50. The van der Waals surface area contributed by atoms with E-state index in [9.17, 15) is 9.59 Å². The number of fused-ring (bicyclic) bond motifs is 1. The summed E-state index contributed by atoms with van der Waals surface area (Å²) in [6, 6.07) is 8.11. The Morgan fingerprint density at radius 1 is 1.15 bits per heavy atom. The van der Waals surface area contributed by atoms with Crippen LogP contribution in [0.25, 0.3) is 10.9 Å². The Hall–Kier alpha value is -3.99. The number of nitrogens with zero attached hydrogens (tertiary/aromatic N) is 5. The van der Waals surface area contributed by atoms with Crippen LogP contribution in [0.4, 0.5) is 11.5 Å². The fourth-order valence-electron chi connectivity index (χ4n) is 3.75. The summed E-state index contributed by atoms with van der Waals surface area (Å²) in [5.41, 5.74) is 13.6. The lowest BCUT2D eigenvalue weighted by Crippen LogP contribution is -2.60. The molecular weight excluding hydrogens is 426 g/mol. The zero-order chi connectivity index (χ0) is 23.4. The molecule has 0 aliphatic carbocycles. The van der Waals surface area contributed by atoms with Gasteiger partial charge in [-0.1, -0.05) is 6.07 Å². The topological polar surface area (TPSA) is 150 Å². The number of methoxy groups -OCH3 is 1. The average Bonchev–Trinajstić information content (AvgIpc) is 2.81. The number of nitrogens with two attached hydrogens (primary N) is 2. The van der Waals surface area contributed by atoms with Gasteiger partial charge >= 0.3 is 0 Å². The monoisotopic (exact) mass is 451 g/mol. The molecular formula is C22H25N7O4. The number of carbonyl (C=O) groups excluding carboxylic acids is 2. The second-order valence-electron chi connectivity index (χ2n) is 7.65. The number of hydrogen-bond donors (Lipinski definition) is 2. The van der Waals surface area contributed by atoms with Crippen molar-refractivity contribution in [2.75, 3.05) is 44.9 Å². The quantitative estimate of drug-likeness (QED) is 0.522. The van der Waals surface area contributed by atoms with Crippen molar-refractivity contribution in [3.8, 4) is 5.88 Å². The summed E-state index contributed by atoms with van der Waals surface area (Å²) >= 11 is 0. The van der Waals surface area contributed by atoms with E-state index in [1.165, 1.54) is 24.5 Å². The summed E-state index contributed by atoms with van der Waals surface area (Å²) in [5, 5.41) is 0.760. The average molecular weight is 451 g/mol. The molecule has 0 saturated carbocycles. The van der Waals surface area contributed by atoms with Gasteiger partial charge in [0.2, 0.25) is 11.8 Å². The lowest BCUT2D eigenvalue weighted by Gasteiger charge is -2.40. The molecule has 0 radical (unpaired) electrons. The van der Waals surface area contributed by atoms with Gasteiger partial charge in [0.05, 0.1) is 24.0 Å². The maximum absolute atomic E-state index is 13.2. The van der Waals surface area contributed by atoms with Gasteiger partial charge in [0.1, 0.15) is 18.2 Å². The van der Waals surface area contributed by atoms with Crippen LogP contribution in [-0.4, -0.2) is 76.0 Å². The van der Waals surface area contributed by atoms with Crippen molar-refractivity contribution in [3.63, 3.8) is 0 Å². The molecule has 3 aromatic rings. The Morgan fingerprint density at radius 3 is 2.76 bits per heavy atom. The smallest absolute Gasteiger partial charge is 0.261 e. The van der Waals surface area contributed by atoms with Crippen molar-refractivity contribution in [2.24, 2.45) is 0 Å². The summed E-state index contributed by atoms with van der Waals surface area (Å²) < 4.78 is 10.7. The van der Waals surface area contributed by atoms with Gasteiger partial charge in [-0.15, -0.1) is 0 Å². The SMILES string of the molecule is COCC1C(=O)N(Cc2ccc3c(N)ncnc3c2)CCN1C(=O)COc1ccc(N)cn1. The largest absolute Gasteiger partial charge is 0.468 e. The first-order chi connectivity index (χ1) is 16.0. The van der Waals surface area contributed by atoms with Gasteiger partial charge in [0.25, 0.3) is 5.91 Å². The standard InChI is InChI=1S/C22H25N7O4/c1-32-11-18-22(31)28(10-14-2-4-16-17(8-14)26-13-27-21(16)24)6-7-29(18)20(30)12-33-19-5-3-15(23)9-25-19/h2-5,8-9,13,18H,6-7,10-12,23H2,1H3,(H2,24,26,27). The van der Waals surface area contributed by atoms with Gasteiger partial charge in [-0.3, -0.25) is 9.59 Å². The van der Waals surface area contributed by atoms with Gasteiger partial charge in [0.15, 0.2) is 6.61 Å². The molecule has 11 nitrogen and oxygen atoms in total. The van der Waals surface area contributed by atoms with Crippen LogP contribution in [0.3, 0.4) is 0 Å². The van der Waals surface area contributed by atoms with Gasteiger partial charge in [0, 0.05) is 38.2 Å². The van der Waals surface area contributed by atoms with Crippen LogP contribution in [0.2, 0.25) is 0 Å². The maximum atomic E-state index is 13.2. The number of piperazine rings is 1. The molecule has 1 aliphatic heterocycles. The van der Waals surface area contributed by atoms with Crippen LogP contribution in [0.1, 0.15) is 5.56 Å². The Balaban J connectivity index is 1.43. The Morgan fingerprint density at radius 2 is 2.00 bits per heavy atom. The highest BCUT2D eigenvalue weighted by Gasteiger charge is 2.37. The summed E-state index contributed by atoms with van der Waals surface area (Å²) in [4.78, 5) is 41.5. The van der Waals surface area contributed by atoms with Crippen molar-refractivity contribution in [2.45, 2.75) is 12.6 Å². The van der Waals surface area contributed by atoms with Crippen LogP contribution < -0.4 is 16.2 Å². The number of ether oxygens (including phenoxy) is 2. The number of nitrogen functional groups attached to an aromatic ring is 2.